The molecule has 0 aromatic heterocycles. The van der Waals surface area contributed by atoms with Crippen LogP contribution < -0.4 is 0 Å². The average Bonchev–Trinajstić information content (AvgIpc) is 3.25. The molecule has 0 spiro atoms. The van der Waals surface area contributed by atoms with Crippen molar-refractivity contribution in [1.82, 2.24) is 0 Å². The molecule has 0 saturated heterocycles. The first-order valence-electron chi connectivity index (χ1n) is 18.2. The second-order valence-corrected chi connectivity index (χ2v) is 13.4. The van der Waals surface area contributed by atoms with Crippen molar-refractivity contribution in [2.24, 2.45) is 9.98 Å². The molecule has 0 unspecified atom stereocenters. The van der Waals surface area contributed by atoms with Crippen molar-refractivity contribution in [3.8, 4) is 33.4 Å². The van der Waals surface area contributed by atoms with Crippen LogP contribution in [0.3, 0.4) is 0 Å². The predicted molar refractivity (Wildman–Crippen MR) is 229 cm³/mol. The lowest BCUT2D eigenvalue weighted by Gasteiger charge is -2.14. The molecule has 0 amide bonds. The first kappa shape index (κ1) is 32.7. The minimum atomic E-state index is 0.140. The fourth-order valence-corrected chi connectivity index (χ4v) is 7.31. The highest BCUT2D eigenvalue weighted by Crippen LogP contribution is 2.34. The van der Waals surface area contributed by atoms with Gasteiger partial charge in [0.05, 0.1) is 0 Å². The van der Waals surface area contributed by atoms with Crippen molar-refractivity contribution < 1.29 is 0 Å². The van der Waals surface area contributed by atoms with Gasteiger partial charge in [-0.2, -0.15) is 0 Å². The van der Waals surface area contributed by atoms with Crippen molar-refractivity contribution in [3.05, 3.63) is 217 Å². The summed E-state index contributed by atoms with van der Waals surface area (Å²) in [5.74, 6) is 0.606. The highest BCUT2D eigenvalue weighted by molar-refractivity contribution is 6.23. The maximum atomic E-state index is 9.31. The number of hydrogen-bond acceptors (Lipinski definition) is 1. The monoisotopic (exact) mass is 689 g/mol. The largest absolute Gasteiger partial charge is 0.282 e. The highest BCUT2D eigenvalue weighted by Gasteiger charge is 2.16. The van der Waals surface area contributed by atoms with Gasteiger partial charge in [0.1, 0.15) is 0 Å². The van der Waals surface area contributed by atoms with Gasteiger partial charge in [-0.3, -0.25) is 5.41 Å². The summed E-state index contributed by atoms with van der Waals surface area (Å²) in [7, 11) is 0. The number of amidine groups is 2. The van der Waals surface area contributed by atoms with E-state index in [-0.39, 0.29) is 5.84 Å². The zero-order valence-corrected chi connectivity index (χ0v) is 29.5. The van der Waals surface area contributed by atoms with Crippen molar-refractivity contribution in [2.75, 3.05) is 0 Å². The third kappa shape index (κ3) is 6.40. The predicted octanol–water partition coefficient (Wildman–Crippen LogP) is 13.0. The quantitative estimate of drug-likeness (QED) is 0.0782. The second-order valence-electron chi connectivity index (χ2n) is 13.4. The molecule has 3 nitrogen and oxygen atoms in total. The van der Waals surface area contributed by atoms with Gasteiger partial charge < -0.3 is 0 Å². The molecule has 254 valence electrons. The summed E-state index contributed by atoms with van der Waals surface area (Å²) in [6.07, 6.45) is 1.95. The summed E-state index contributed by atoms with van der Waals surface area (Å²) in [5.41, 5.74) is 9.07. The van der Waals surface area contributed by atoms with Crippen LogP contribution in [0.5, 0.6) is 0 Å². The van der Waals surface area contributed by atoms with E-state index in [0.29, 0.717) is 11.4 Å². The number of hydrogen-bond donors (Lipinski definition) is 1. The van der Waals surface area contributed by atoms with Gasteiger partial charge in [-0.1, -0.05) is 182 Å². The van der Waals surface area contributed by atoms with Crippen molar-refractivity contribution in [1.29, 1.82) is 5.41 Å². The minimum Gasteiger partial charge on any atom is -0.282 e. The zero-order chi connectivity index (χ0) is 36.3. The summed E-state index contributed by atoms with van der Waals surface area (Å²) < 4.78 is 0. The van der Waals surface area contributed by atoms with E-state index in [1.165, 1.54) is 16.2 Å². The molecule has 0 bridgehead atoms. The Morgan fingerprint density at radius 3 is 1.67 bits per heavy atom. The Morgan fingerprint density at radius 1 is 0.407 bits per heavy atom. The van der Waals surface area contributed by atoms with Crippen LogP contribution in [0.2, 0.25) is 0 Å². The number of aliphatic imine (C=N–C) groups is 2. The molecule has 0 heterocycles. The number of fused-ring (bicyclic) bond motifs is 4. The third-order valence-electron chi connectivity index (χ3n) is 10.1. The Hall–Kier alpha value is -7.23. The number of nitrogens with zero attached hydrogens (tertiary/aromatic N) is 2. The molecule has 0 aliphatic carbocycles. The second kappa shape index (κ2) is 14.4. The molecule has 0 fully saturated rings. The maximum absolute atomic E-state index is 9.31. The van der Waals surface area contributed by atoms with Crippen LogP contribution in [-0.2, 0) is 0 Å². The molecule has 0 radical (unpaired) electrons. The summed E-state index contributed by atoms with van der Waals surface area (Å²) >= 11 is 0. The van der Waals surface area contributed by atoms with Crippen LogP contribution in [0.4, 0.5) is 0 Å². The Balaban J connectivity index is 1.24. The molecular formula is C51H35N3. The van der Waals surface area contributed by atoms with Gasteiger partial charge in [0.25, 0.3) is 0 Å². The number of rotatable bonds is 6. The zero-order valence-electron chi connectivity index (χ0n) is 29.5. The SMILES string of the molecule is N=C(N=C(N=Cc1c2ccccc2cc2c1ccc1ccccc12)c1ccc(-c2ccccc2)cc1-c1ccccc1)c1ccc(-c2ccccc2)cc1. The van der Waals surface area contributed by atoms with Gasteiger partial charge in [0, 0.05) is 22.9 Å². The van der Waals surface area contributed by atoms with Crippen LogP contribution in [0.25, 0.3) is 65.7 Å². The van der Waals surface area contributed by atoms with Crippen molar-refractivity contribution >= 4 is 50.2 Å². The summed E-state index contributed by atoms with van der Waals surface area (Å²) in [5, 5.41) is 16.3. The number of benzene rings is 9. The van der Waals surface area contributed by atoms with Crippen LogP contribution in [0, 0.1) is 5.41 Å². The Labute approximate surface area is 314 Å². The lowest BCUT2D eigenvalue weighted by molar-refractivity contribution is 1.39. The number of nitrogens with one attached hydrogen (secondary N) is 1. The van der Waals surface area contributed by atoms with Gasteiger partial charge in [-0.25, -0.2) is 9.98 Å². The van der Waals surface area contributed by atoms with E-state index in [1.807, 2.05) is 60.8 Å². The van der Waals surface area contributed by atoms with Crippen LogP contribution >= 0.6 is 0 Å². The molecule has 0 aliphatic heterocycles. The lowest BCUT2D eigenvalue weighted by Crippen LogP contribution is -2.07. The van der Waals surface area contributed by atoms with E-state index in [1.54, 1.807) is 0 Å². The van der Waals surface area contributed by atoms with E-state index in [2.05, 4.69) is 146 Å². The lowest BCUT2D eigenvalue weighted by atomic mass is 9.93. The normalized spacial score (nSPS) is 11.8. The molecular weight excluding hydrogens is 655 g/mol. The van der Waals surface area contributed by atoms with E-state index >= 15 is 0 Å². The van der Waals surface area contributed by atoms with Crippen molar-refractivity contribution in [2.45, 2.75) is 0 Å². The Bertz CT molecular complexity index is 2860. The molecule has 9 rings (SSSR count). The van der Waals surface area contributed by atoms with Crippen molar-refractivity contribution in [3.63, 3.8) is 0 Å². The highest BCUT2D eigenvalue weighted by atomic mass is 14.9. The van der Waals surface area contributed by atoms with E-state index in [0.717, 1.165) is 60.7 Å². The van der Waals surface area contributed by atoms with Crippen LogP contribution in [-0.4, -0.2) is 17.9 Å². The first-order chi connectivity index (χ1) is 26.7. The summed E-state index contributed by atoms with van der Waals surface area (Å²) in [4.78, 5) is 10.3. The Morgan fingerprint density at radius 2 is 0.963 bits per heavy atom. The molecule has 0 saturated carbocycles. The van der Waals surface area contributed by atoms with E-state index in [9.17, 15) is 5.41 Å². The summed E-state index contributed by atoms with van der Waals surface area (Å²) in [6.45, 7) is 0. The smallest absolute Gasteiger partial charge is 0.162 e. The summed E-state index contributed by atoms with van der Waals surface area (Å²) in [6, 6.07) is 69.2. The molecule has 3 heteroatoms. The fraction of sp³-hybridized carbons (Fsp3) is 0. The fourth-order valence-electron chi connectivity index (χ4n) is 7.31. The minimum absolute atomic E-state index is 0.140. The molecule has 9 aromatic carbocycles. The standard InChI is InChI=1S/C51H35N3/c52-50(40-26-24-37(25-27-40)35-14-4-1-5-15-35)54-51(46-31-29-41(36-16-6-2-7-17-36)32-47(46)38-18-8-3-9-19-38)53-34-49-44-23-13-11-21-42(44)33-48-43-22-12-10-20-39(43)28-30-45(48)49/h1-34,52H. The van der Waals surface area contributed by atoms with Crippen LogP contribution in [0.15, 0.2) is 210 Å². The van der Waals surface area contributed by atoms with E-state index < -0.39 is 0 Å². The third-order valence-corrected chi connectivity index (χ3v) is 10.1. The van der Waals surface area contributed by atoms with E-state index in [4.69, 9.17) is 9.98 Å². The van der Waals surface area contributed by atoms with Gasteiger partial charge in [0.15, 0.2) is 11.7 Å². The van der Waals surface area contributed by atoms with Gasteiger partial charge in [-0.05, 0) is 83.9 Å². The first-order valence-corrected chi connectivity index (χ1v) is 18.2. The van der Waals surface area contributed by atoms with Gasteiger partial charge in [-0.15, -0.1) is 0 Å². The maximum Gasteiger partial charge on any atom is 0.162 e. The topological polar surface area (TPSA) is 48.6 Å². The molecule has 1 N–H and O–H groups in total. The van der Waals surface area contributed by atoms with Gasteiger partial charge >= 0.3 is 0 Å². The van der Waals surface area contributed by atoms with Crippen LogP contribution in [0.1, 0.15) is 16.7 Å². The Kier molecular flexibility index (Phi) is 8.72. The molecule has 54 heavy (non-hydrogen) atoms. The molecule has 0 aliphatic rings. The molecule has 0 atom stereocenters. The van der Waals surface area contributed by atoms with Gasteiger partial charge in [0.2, 0.25) is 0 Å². The average molecular weight is 690 g/mol. The molecule has 9 aromatic rings.